The molecule has 0 atom stereocenters. The summed E-state index contributed by atoms with van der Waals surface area (Å²) in [5.41, 5.74) is 0.805. The highest BCUT2D eigenvalue weighted by Crippen LogP contribution is 2.10. The Morgan fingerprint density at radius 3 is 2.61 bits per heavy atom. The number of sulfonamides is 1. The molecule has 0 aliphatic carbocycles. The molecule has 4 N–H and O–H groups in total. The van der Waals surface area contributed by atoms with Gasteiger partial charge in [-0.2, -0.15) is 0 Å². The van der Waals surface area contributed by atoms with E-state index in [1.165, 1.54) is 25.3 Å². The lowest BCUT2D eigenvalue weighted by atomic mass is 10.2. The molecule has 6 nitrogen and oxygen atoms in total. The number of benzene rings is 1. The highest BCUT2D eigenvalue weighted by Gasteiger charge is 2.07. The zero-order chi connectivity index (χ0) is 17.1. The number of hydrogen-bond donors (Lipinski definition) is 3. The zero-order valence-electron chi connectivity index (χ0n) is 14.0. The maximum Gasteiger partial charge on any atom is 0.238 e. The Hall–Kier alpha value is -1.60. The van der Waals surface area contributed by atoms with Crippen molar-refractivity contribution >= 4 is 16.0 Å². The fourth-order valence-electron chi connectivity index (χ4n) is 2.09. The van der Waals surface area contributed by atoms with Crippen LogP contribution in [0.1, 0.15) is 45.1 Å². The van der Waals surface area contributed by atoms with Gasteiger partial charge in [0.05, 0.1) is 11.4 Å². The molecular formula is C16H28N4O2S. The summed E-state index contributed by atoms with van der Waals surface area (Å²) in [6.45, 7) is 6.25. The molecule has 130 valence electrons. The van der Waals surface area contributed by atoms with Gasteiger partial charge in [-0.1, -0.05) is 38.3 Å². The quantitative estimate of drug-likeness (QED) is 0.364. The van der Waals surface area contributed by atoms with Gasteiger partial charge in [-0.25, -0.2) is 18.5 Å². The van der Waals surface area contributed by atoms with Gasteiger partial charge in [0.1, 0.15) is 0 Å². The minimum Gasteiger partial charge on any atom is -0.357 e. The average Bonchev–Trinajstić information content (AvgIpc) is 2.52. The van der Waals surface area contributed by atoms with Crippen LogP contribution in [0.3, 0.4) is 0 Å². The van der Waals surface area contributed by atoms with Gasteiger partial charge in [0.25, 0.3) is 0 Å². The predicted molar refractivity (Wildman–Crippen MR) is 94.8 cm³/mol. The number of primary sulfonamides is 1. The van der Waals surface area contributed by atoms with Crippen molar-refractivity contribution in [1.82, 2.24) is 10.6 Å². The molecule has 1 aromatic carbocycles. The Morgan fingerprint density at radius 1 is 1.17 bits per heavy atom. The Morgan fingerprint density at radius 2 is 1.96 bits per heavy atom. The molecule has 0 bridgehead atoms. The van der Waals surface area contributed by atoms with E-state index in [0.717, 1.165) is 31.0 Å². The summed E-state index contributed by atoms with van der Waals surface area (Å²) < 4.78 is 22.7. The second-order valence-electron chi connectivity index (χ2n) is 5.38. The number of rotatable bonds is 9. The first kappa shape index (κ1) is 19.4. The molecule has 0 heterocycles. The van der Waals surface area contributed by atoms with Crippen molar-refractivity contribution in [2.24, 2.45) is 10.1 Å². The SMILES string of the molecule is CCCCCCNC(=NCc1cccc(S(N)(=O)=O)c1)NCC. The number of nitrogens with two attached hydrogens (primary N) is 1. The van der Waals surface area contributed by atoms with Gasteiger partial charge in [-0.05, 0) is 31.0 Å². The maximum absolute atomic E-state index is 11.4. The van der Waals surface area contributed by atoms with Gasteiger partial charge < -0.3 is 10.6 Å². The van der Waals surface area contributed by atoms with Crippen LogP contribution in [0.15, 0.2) is 34.2 Å². The largest absolute Gasteiger partial charge is 0.357 e. The van der Waals surface area contributed by atoms with E-state index in [9.17, 15) is 8.42 Å². The molecule has 0 aliphatic rings. The van der Waals surface area contributed by atoms with Crippen molar-refractivity contribution in [3.8, 4) is 0 Å². The summed E-state index contributed by atoms with van der Waals surface area (Å²) in [6, 6.07) is 6.56. The van der Waals surface area contributed by atoms with Crippen molar-refractivity contribution in [2.45, 2.75) is 51.0 Å². The predicted octanol–water partition coefficient (Wildman–Crippen LogP) is 1.97. The van der Waals surface area contributed by atoms with Crippen LogP contribution in [-0.4, -0.2) is 27.5 Å². The number of guanidine groups is 1. The molecule has 0 fully saturated rings. The molecule has 0 aliphatic heterocycles. The second kappa shape index (κ2) is 10.2. The number of nitrogens with one attached hydrogen (secondary N) is 2. The molecule has 1 rings (SSSR count). The Labute approximate surface area is 139 Å². The number of nitrogens with zero attached hydrogens (tertiary/aromatic N) is 1. The van der Waals surface area contributed by atoms with Crippen molar-refractivity contribution in [3.05, 3.63) is 29.8 Å². The van der Waals surface area contributed by atoms with Gasteiger partial charge in [0.15, 0.2) is 5.96 Å². The van der Waals surface area contributed by atoms with Gasteiger partial charge in [0, 0.05) is 13.1 Å². The topological polar surface area (TPSA) is 96.6 Å². The first-order valence-electron chi connectivity index (χ1n) is 8.11. The normalized spacial score (nSPS) is 12.2. The third-order valence-electron chi connectivity index (χ3n) is 3.31. The van der Waals surface area contributed by atoms with E-state index in [1.807, 2.05) is 13.0 Å². The Kier molecular flexibility index (Phi) is 8.65. The lowest BCUT2D eigenvalue weighted by Gasteiger charge is -2.11. The van der Waals surface area contributed by atoms with Gasteiger partial charge in [-0.3, -0.25) is 0 Å². The van der Waals surface area contributed by atoms with Crippen molar-refractivity contribution < 1.29 is 8.42 Å². The summed E-state index contributed by atoms with van der Waals surface area (Å²) in [6.07, 6.45) is 4.78. The van der Waals surface area contributed by atoms with Gasteiger partial charge >= 0.3 is 0 Å². The number of unbranched alkanes of at least 4 members (excludes halogenated alkanes) is 3. The van der Waals surface area contributed by atoms with E-state index >= 15 is 0 Å². The monoisotopic (exact) mass is 340 g/mol. The van der Waals surface area contributed by atoms with Crippen LogP contribution in [0, 0.1) is 0 Å². The fraction of sp³-hybridized carbons (Fsp3) is 0.562. The molecule has 0 saturated carbocycles. The van der Waals surface area contributed by atoms with Crippen LogP contribution < -0.4 is 15.8 Å². The number of aliphatic imine (C=N–C) groups is 1. The summed E-state index contributed by atoms with van der Waals surface area (Å²) in [5.74, 6) is 0.741. The Bertz CT molecular complexity index is 600. The minimum absolute atomic E-state index is 0.114. The fourth-order valence-corrected chi connectivity index (χ4v) is 2.68. The molecule has 0 amide bonds. The van der Waals surface area contributed by atoms with Crippen LogP contribution >= 0.6 is 0 Å². The van der Waals surface area contributed by atoms with Crippen LogP contribution in [0.4, 0.5) is 0 Å². The lowest BCUT2D eigenvalue weighted by Crippen LogP contribution is -2.37. The van der Waals surface area contributed by atoms with E-state index in [0.29, 0.717) is 6.54 Å². The summed E-state index contributed by atoms with van der Waals surface area (Å²) in [4.78, 5) is 4.60. The molecule has 0 spiro atoms. The molecule has 1 aromatic rings. The van der Waals surface area contributed by atoms with E-state index in [-0.39, 0.29) is 4.90 Å². The molecule has 0 aromatic heterocycles. The molecular weight excluding hydrogens is 312 g/mol. The molecule has 7 heteroatoms. The van der Waals surface area contributed by atoms with Crippen LogP contribution in [0.25, 0.3) is 0 Å². The average molecular weight is 340 g/mol. The van der Waals surface area contributed by atoms with Crippen molar-refractivity contribution in [1.29, 1.82) is 0 Å². The van der Waals surface area contributed by atoms with E-state index in [2.05, 4.69) is 22.5 Å². The Balaban J connectivity index is 2.62. The highest BCUT2D eigenvalue weighted by atomic mass is 32.2. The summed E-state index contributed by atoms with van der Waals surface area (Å²) in [5, 5.41) is 11.6. The van der Waals surface area contributed by atoms with Crippen molar-refractivity contribution in [2.75, 3.05) is 13.1 Å². The molecule has 0 saturated heterocycles. The smallest absolute Gasteiger partial charge is 0.238 e. The number of hydrogen-bond acceptors (Lipinski definition) is 3. The first-order valence-corrected chi connectivity index (χ1v) is 9.66. The van der Waals surface area contributed by atoms with Crippen molar-refractivity contribution in [3.63, 3.8) is 0 Å². The van der Waals surface area contributed by atoms with Crippen LogP contribution in [-0.2, 0) is 16.6 Å². The van der Waals surface area contributed by atoms with E-state index < -0.39 is 10.0 Å². The third kappa shape index (κ3) is 7.99. The summed E-state index contributed by atoms with van der Waals surface area (Å²) >= 11 is 0. The summed E-state index contributed by atoms with van der Waals surface area (Å²) in [7, 11) is -3.68. The molecule has 0 radical (unpaired) electrons. The standard InChI is InChI=1S/C16H28N4O2S/c1-3-5-6-7-11-19-16(18-4-2)20-13-14-9-8-10-15(12-14)23(17,21)22/h8-10,12H,3-7,11,13H2,1-2H3,(H2,17,21,22)(H2,18,19,20). The van der Waals surface area contributed by atoms with Crippen LogP contribution in [0.2, 0.25) is 0 Å². The minimum atomic E-state index is -3.68. The van der Waals surface area contributed by atoms with E-state index in [1.54, 1.807) is 12.1 Å². The zero-order valence-corrected chi connectivity index (χ0v) is 14.8. The van der Waals surface area contributed by atoms with Gasteiger partial charge in [0.2, 0.25) is 10.0 Å². The first-order chi connectivity index (χ1) is 11.0. The highest BCUT2D eigenvalue weighted by molar-refractivity contribution is 7.89. The lowest BCUT2D eigenvalue weighted by molar-refractivity contribution is 0.597. The third-order valence-corrected chi connectivity index (χ3v) is 4.22. The molecule has 23 heavy (non-hydrogen) atoms. The second-order valence-corrected chi connectivity index (χ2v) is 6.94. The van der Waals surface area contributed by atoms with E-state index in [4.69, 9.17) is 5.14 Å². The van der Waals surface area contributed by atoms with Crippen LogP contribution in [0.5, 0.6) is 0 Å². The molecule has 0 unspecified atom stereocenters. The van der Waals surface area contributed by atoms with Gasteiger partial charge in [-0.15, -0.1) is 0 Å². The maximum atomic E-state index is 11.4.